The lowest BCUT2D eigenvalue weighted by molar-refractivity contribution is -0.150. The predicted molar refractivity (Wildman–Crippen MR) is 160 cm³/mol. The summed E-state index contributed by atoms with van der Waals surface area (Å²) in [6, 6.07) is 26.4. The molecule has 2 bridgehead atoms. The van der Waals surface area contributed by atoms with E-state index in [2.05, 4.69) is 34.9 Å². The van der Waals surface area contributed by atoms with Crippen LogP contribution in [0.3, 0.4) is 0 Å². The summed E-state index contributed by atoms with van der Waals surface area (Å²) in [6.45, 7) is 3.04. The molecule has 4 aliphatic rings. The molecule has 3 aromatic carbocycles. The van der Waals surface area contributed by atoms with E-state index in [0.29, 0.717) is 18.5 Å². The average molecular weight is 561 g/mol. The van der Waals surface area contributed by atoms with E-state index in [1.807, 2.05) is 72.6 Å². The fourth-order valence-electron chi connectivity index (χ4n) is 8.37. The Hall–Kier alpha value is -4.08. The minimum absolute atomic E-state index is 0.0533. The van der Waals surface area contributed by atoms with Crippen LogP contribution in [0.25, 0.3) is 0 Å². The number of likely N-dealkylation sites (N-methyl/N-ethyl adjacent to an activating group) is 1. The van der Waals surface area contributed by atoms with Gasteiger partial charge in [0.15, 0.2) is 0 Å². The van der Waals surface area contributed by atoms with Crippen LogP contribution in [0, 0.1) is 17.8 Å². The Labute approximate surface area is 247 Å². The minimum Gasteiger partial charge on any atom is -0.487 e. The molecular weight excluding hydrogens is 524 g/mol. The molecule has 1 saturated heterocycles. The van der Waals surface area contributed by atoms with Crippen LogP contribution in [0.15, 0.2) is 78.9 Å². The molecule has 1 amide bonds. The highest BCUT2D eigenvalue weighted by atomic mass is 16.5. The molecule has 42 heavy (non-hydrogen) atoms. The highest BCUT2D eigenvalue weighted by Gasteiger charge is 2.66. The summed E-state index contributed by atoms with van der Waals surface area (Å²) in [5.41, 5.74) is 4.44. The van der Waals surface area contributed by atoms with E-state index in [4.69, 9.17) is 9.47 Å². The van der Waals surface area contributed by atoms with Gasteiger partial charge in [-0.3, -0.25) is 14.5 Å². The average Bonchev–Trinajstić information content (AvgIpc) is 3.35. The van der Waals surface area contributed by atoms with Crippen LogP contribution in [0.1, 0.15) is 54.5 Å². The summed E-state index contributed by atoms with van der Waals surface area (Å²) < 4.78 is 12.7. The molecular formula is C36H36N2O4. The zero-order valence-corrected chi connectivity index (χ0v) is 24.2. The van der Waals surface area contributed by atoms with E-state index in [9.17, 15) is 9.59 Å². The summed E-state index contributed by atoms with van der Waals surface area (Å²) in [5.74, 6) is 6.87. The third-order valence-electron chi connectivity index (χ3n) is 10.1. The van der Waals surface area contributed by atoms with Crippen molar-refractivity contribution in [1.82, 2.24) is 9.80 Å². The lowest BCUT2D eigenvalue weighted by Crippen LogP contribution is -2.69. The monoisotopic (exact) mass is 560 g/mol. The second-order valence-electron chi connectivity index (χ2n) is 12.2. The normalized spacial score (nSPS) is 27.5. The van der Waals surface area contributed by atoms with Crippen molar-refractivity contribution in [2.75, 3.05) is 20.1 Å². The first-order valence-electron chi connectivity index (χ1n) is 15.0. The second-order valence-corrected chi connectivity index (χ2v) is 12.2. The van der Waals surface area contributed by atoms with Crippen LogP contribution < -0.4 is 4.74 Å². The molecule has 7 rings (SSSR count). The lowest BCUT2D eigenvalue weighted by Gasteiger charge is -2.60. The molecule has 3 aromatic rings. The Morgan fingerprint density at radius 3 is 2.57 bits per heavy atom. The standard InChI is InChI=1S/C36H36N2O4/c1-24(39)41-32(26-12-7-4-8-13-26)23-38-21-20-36-28-17-18-29(37(2)33(40)19-16-25-10-5-3-6-11-25)35(36)42-31-15-9-14-27(34(31)36)22-30(28)38/h3-15,28-30,32,35H,17-18,20-23H2,1-2H3/t28-,29+,30+,32?,35-,36-/m0/s1. The van der Waals surface area contributed by atoms with Gasteiger partial charge in [-0.2, -0.15) is 0 Å². The van der Waals surface area contributed by atoms with E-state index >= 15 is 0 Å². The molecule has 0 radical (unpaired) electrons. The number of carbonyl (C=O) groups is 2. The number of ether oxygens (including phenoxy) is 2. The van der Waals surface area contributed by atoms with Crippen LogP contribution in [0.2, 0.25) is 0 Å². The largest absolute Gasteiger partial charge is 0.487 e. The van der Waals surface area contributed by atoms with Crippen LogP contribution in [-0.2, 0) is 26.2 Å². The SMILES string of the molecule is CC(=O)OC(CN1CC[C@]23c4c5cccc4O[C@H]2[C@H](N(C)C(=O)C#Cc2ccccc2)CC[C@H]3[C@H]1C5)c1ccccc1. The molecule has 0 N–H and O–H groups in total. The molecule has 1 spiro atoms. The molecule has 214 valence electrons. The van der Waals surface area contributed by atoms with Gasteiger partial charge in [0.05, 0.1) is 6.04 Å². The number of amides is 1. The Kier molecular flexibility index (Phi) is 6.79. The van der Waals surface area contributed by atoms with E-state index in [0.717, 1.165) is 49.1 Å². The van der Waals surface area contributed by atoms with Gasteiger partial charge < -0.3 is 14.4 Å². The highest BCUT2D eigenvalue weighted by Crippen LogP contribution is 2.62. The predicted octanol–water partition coefficient (Wildman–Crippen LogP) is 4.91. The summed E-state index contributed by atoms with van der Waals surface area (Å²) in [4.78, 5) is 29.9. The molecule has 6 atom stereocenters. The van der Waals surface area contributed by atoms with E-state index in [-0.39, 0.29) is 35.5 Å². The number of hydrogen-bond acceptors (Lipinski definition) is 5. The zero-order valence-electron chi connectivity index (χ0n) is 24.2. The number of piperidine rings is 1. The maximum absolute atomic E-state index is 13.4. The van der Waals surface area contributed by atoms with Gasteiger partial charge >= 0.3 is 5.97 Å². The van der Waals surface area contributed by atoms with Crippen LogP contribution in [0.4, 0.5) is 0 Å². The topological polar surface area (TPSA) is 59.1 Å². The van der Waals surface area contributed by atoms with Crippen LogP contribution >= 0.6 is 0 Å². The number of carbonyl (C=O) groups excluding carboxylic acids is 2. The van der Waals surface area contributed by atoms with Gasteiger partial charge in [0, 0.05) is 49.0 Å². The molecule has 0 aromatic heterocycles. The number of rotatable bonds is 5. The molecule has 1 saturated carbocycles. The molecule has 2 heterocycles. The molecule has 2 aliphatic heterocycles. The summed E-state index contributed by atoms with van der Waals surface area (Å²) >= 11 is 0. The van der Waals surface area contributed by atoms with Crippen molar-refractivity contribution < 1.29 is 19.1 Å². The molecule has 2 fully saturated rings. The van der Waals surface area contributed by atoms with Crippen molar-refractivity contribution in [2.45, 2.75) is 62.3 Å². The molecule has 6 nitrogen and oxygen atoms in total. The van der Waals surface area contributed by atoms with Gasteiger partial charge in [0.25, 0.3) is 5.91 Å². The summed E-state index contributed by atoms with van der Waals surface area (Å²) in [6.07, 6.45) is 3.35. The van der Waals surface area contributed by atoms with Crippen LogP contribution in [-0.4, -0.2) is 60.0 Å². The maximum Gasteiger partial charge on any atom is 0.303 e. The molecule has 6 heteroatoms. The smallest absolute Gasteiger partial charge is 0.303 e. The number of nitrogens with zero attached hydrogens (tertiary/aromatic N) is 2. The van der Waals surface area contributed by atoms with Crippen molar-refractivity contribution in [1.29, 1.82) is 0 Å². The van der Waals surface area contributed by atoms with Crippen molar-refractivity contribution in [3.05, 3.63) is 101 Å². The molecule has 2 aliphatic carbocycles. The van der Waals surface area contributed by atoms with Crippen molar-refractivity contribution in [2.24, 2.45) is 5.92 Å². The quantitative estimate of drug-likeness (QED) is 0.328. The highest BCUT2D eigenvalue weighted by molar-refractivity contribution is 5.94. The Balaban J connectivity index is 1.19. The summed E-state index contributed by atoms with van der Waals surface area (Å²) in [7, 11) is 1.88. The van der Waals surface area contributed by atoms with Gasteiger partial charge in [-0.15, -0.1) is 0 Å². The third kappa shape index (κ3) is 4.39. The van der Waals surface area contributed by atoms with E-state index in [1.165, 1.54) is 18.1 Å². The Morgan fingerprint density at radius 1 is 1.05 bits per heavy atom. The van der Waals surface area contributed by atoms with Crippen LogP contribution in [0.5, 0.6) is 5.75 Å². The Morgan fingerprint density at radius 2 is 1.81 bits per heavy atom. The molecule has 1 unspecified atom stereocenters. The zero-order chi connectivity index (χ0) is 28.8. The first-order chi connectivity index (χ1) is 20.5. The Bertz CT molecular complexity index is 1560. The van der Waals surface area contributed by atoms with Gasteiger partial charge in [-0.1, -0.05) is 66.6 Å². The van der Waals surface area contributed by atoms with Crippen molar-refractivity contribution in [3.8, 4) is 17.6 Å². The third-order valence-corrected chi connectivity index (χ3v) is 10.1. The van der Waals surface area contributed by atoms with Gasteiger partial charge in [0.1, 0.15) is 18.0 Å². The van der Waals surface area contributed by atoms with E-state index < -0.39 is 0 Å². The fraction of sp³-hybridized carbons (Fsp3) is 0.389. The summed E-state index contributed by atoms with van der Waals surface area (Å²) in [5, 5.41) is 0. The van der Waals surface area contributed by atoms with Gasteiger partial charge in [-0.25, -0.2) is 0 Å². The van der Waals surface area contributed by atoms with Crippen molar-refractivity contribution in [3.63, 3.8) is 0 Å². The van der Waals surface area contributed by atoms with Gasteiger partial charge in [0.2, 0.25) is 0 Å². The number of likely N-dealkylation sites (tertiary alicyclic amines) is 1. The minimum atomic E-state index is -0.315. The fourth-order valence-corrected chi connectivity index (χ4v) is 8.37. The number of benzene rings is 3. The first-order valence-corrected chi connectivity index (χ1v) is 15.0. The van der Waals surface area contributed by atoms with Crippen molar-refractivity contribution >= 4 is 11.9 Å². The lowest BCUT2D eigenvalue weighted by atomic mass is 9.51. The maximum atomic E-state index is 13.4. The number of esters is 1. The second kappa shape index (κ2) is 10.6. The first kappa shape index (κ1) is 26.8. The van der Waals surface area contributed by atoms with E-state index in [1.54, 1.807) is 0 Å². The number of hydrogen-bond donors (Lipinski definition) is 0. The van der Waals surface area contributed by atoms with Gasteiger partial charge in [-0.05, 0) is 67.5 Å².